The lowest BCUT2D eigenvalue weighted by atomic mass is 10.00. The summed E-state index contributed by atoms with van der Waals surface area (Å²) >= 11 is 0. The van der Waals surface area contributed by atoms with Crippen LogP contribution < -0.4 is 15.2 Å². The topological polar surface area (TPSA) is 47.7 Å². The van der Waals surface area contributed by atoms with Crippen LogP contribution in [0.1, 0.15) is 37.3 Å². The van der Waals surface area contributed by atoms with Crippen molar-refractivity contribution >= 4 is 0 Å². The summed E-state index contributed by atoms with van der Waals surface area (Å²) < 4.78 is 10.9. The third kappa shape index (κ3) is 2.69. The Morgan fingerprint density at radius 2 is 1.95 bits per heavy atom. The second-order valence-electron chi connectivity index (χ2n) is 5.30. The average Bonchev–Trinajstić information content (AvgIpc) is 3.09. The molecule has 4 heteroatoms. The van der Waals surface area contributed by atoms with Gasteiger partial charge in [-0.15, -0.1) is 0 Å². The number of hydrogen-bond acceptors (Lipinski definition) is 4. The highest BCUT2D eigenvalue weighted by Crippen LogP contribution is 2.37. The summed E-state index contributed by atoms with van der Waals surface area (Å²) in [6.07, 6.45) is 4.80. The van der Waals surface area contributed by atoms with Crippen molar-refractivity contribution in [2.24, 2.45) is 5.73 Å². The van der Waals surface area contributed by atoms with E-state index >= 15 is 0 Å². The highest BCUT2D eigenvalue weighted by Gasteiger charge is 2.24. The number of fused-ring (bicyclic) bond motifs is 1. The quantitative estimate of drug-likeness (QED) is 0.884. The van der Waals surface area contributed by atoms with Gasteiger partial charge in [0, 0.05) is 6.04 Å². The molecule has 0 amide bonds. The van der Waals surface area contributed by atoms with Gasteiger partial charge in [0.2, 0.25) is 6.79 Å². The minimum Gasteiger partial charge on any atom is -0.454 e. The van der Waals surface area contributed by atoms with Gasteiger partial charge in [-0.05, 0) is 63.0 Å². The first kappa shape index (κ1) is 12.8. The number of benzene rings is 1. The highest BCUT2D eigenvalue weighted by molar-refractivity contribution is 5.45. The van der Waals surface area contributed by atoms with E-state index in [0.29, 0.717) is 12.8 Å². The van der Waals surface area contributed by atoms with Crippen LogP contribution in [0.15, 0.2) is 18.2 Å². The predicted molar refractivity (Wildman–Crippen MR) is 74.4 cm³/mol. The van der Waals surface area contributed by atoms with Crippen molar-refractivity contribution in [1.29, 1.82) is 0 Å². The van der Waals surface area contributed by atoms with Crippen molar-refractivity contribution in [2.45, 2.75) is 31.7 Å². The summed E-state index contributed by atoms with van der Waals surface area (Å²) in [7, 11) is 0. The molecule has 2 heterocycles. The summed E-state index contributed by atoms with van der Waals surface area (Å²) in [5, 5.41) is 0. The fourth-order valence-electron chi connectivity index (χ4n) is 3.04. The van der Waals surface area contributed by atoms with Gasteiger partial charge < -0.3 is 15.2 Å². The van der Waals surface area contributed by atoms with Crippen molar-refractivity contribution in [1.82, 2.24) is 4.90 Å². The van der Waals surface area contributed by atoms with Crippen LogP contribution in [0.5, 0.6) is 11.5 Å². The molecular formula is C15H22N2O2. The first-order valence-electron chi connectivity index (χ1n) is 7.22. The molecule has 0 aromatic heterocycles. The van der Waals surface area contributed by atoms with Crippen LogP contribution in [-0.2, 0) is 0 Å². The Balaban J connectivity index is 1.81. The molecule has 1 fully saturated rings. The molecule has 0 bridgehead atoms. The van der Waals surface area contributed by atoms with Gasteiger partial charge in [0.05, 0.1) is 0 Å². The Morgan fingerprint density at radius 1 is 1.16 bits per heavy atom. The number of nitrogens with two attached hydrogens (primary N) is 1. The minimum atomic E-state index is 0.343. The Hall–Kier alpha value is -1.26. The molecule has 2 N–H and O–H groups in total. The molecule has 3 rings (SSSR count). The van der Waals surface area contributed by atoms with Gasteiger partial charge in [0.1, 0.15) is 0 Å². The fourth-order valence-corrected chi connectivity index (χ4v) is 3.04. The molecule has 104 valence electrons. The normalized spacial score (nSPS) is 19.8. The van der Waals surface area contributed by atoms with Crippen LogP contribution in [-0.4, -0.2) is 31.3 Å². The van der Waals surface area contributed by atoms with E-state index in [0.717, 1.165) is 30.9 Å². The molecule has 19 heavy (non-hydrogen) atoms. The third-order valence-corrected chi connectivity index (χ3v) is 4.04. The van der Waals surface area contributed by atoms with Crippen LogP contribution >= 0.6 is 0 Å². The van der Waals surface area contributed by atoms with E-state index in [4.69, 9.17) is 15.2 Å². The van der Waals surface area contributed by atoms with Crippen molar-refractivity contribution in [3.05, 3.63) is 23.8 Å². The maximum atomic E-state index is 5.68. The van der Waals surface area contributed by atoms with Crippen LogP contribution in [0.4, 0.5) is 0 Å². The van der Waals surface area contributed by atoms with Crippen LogP contribution in [0, 0.1) is 0 Å². The summed E-state index contributed by atoms with van der Waals surface area (Å²) in [6.45, 7) is 3.50. The third-order valence-electron chi connectivity index (χ3n) is 4.04. The second kappa shape index (κ2) is 5.80. The van der Waals surface area contributed by atoms with Crippen molar-refractivity contribution in [3.63, 3.8) is 0 Å². The number of hydrogen-bond donors (Lipinski definition) is 1. The smallest absolute Gasteiger partial charge is 0.231 e. The van der Waals surface area contributed by atoms with E-state index in [2.05, 4.69) is 17.0 Å². The maximum Gasteiger partial charge on any atom is 0.231 e. The minimum absolute atomic E-state index is 0.343. The lowest BCUT2D eigenvalue weighted by Gasteiger charge is -2.28. The molecule has 0 spiro atoms. The molecule has 1 saturated heterocycles. The van der Waals surface area contributed by atoms with E-state index in [1.165, 1.54) is 31.5 Å². The van der Waals surface area contributed by atoms with E-state index in [1.807, 2.05) is 6.07 Å². The van der Waals surface area contributed by atoms with Crippen LogP contribution in [0.2, 0.25) is 0 Å². The number of rotatable bonds is 5. The lowest BCUT2D eigenvalue weighted by Crippen LogP contribution is -2.26. The number of ether oxygens (including phenoxy) is 2. The van der Waals surface area contributed by atoms with E-state index in [9.17, 15) is 0 Å². The summed E-state index contributed by atoms with van der Waals surface area (Å²) in [4.78, 5) is 2.58. The molecule has 1 aromatic rings. The molecule has 0 radical (unpaired) electrons. The van der Waals surface area contributed by atoms with Gasteiger partial charge in [-0.25, -0.2) is 0 Å². The molecule has 1 aromatic carbocycles. The van der Waals surface area contributed by atoms with Crippen LogP contribution in [0.25, 0.3) is 0 Å². The molecule has 4 nitrogen and oxygen atoms in total. The Bertz CT molecular complexity index is 430. The Kier molecular flexibility index (Phi) is 3.89. The van der Waals surface area contributed by atoms with Crippen LogP contribution in [0.3, 0.4) is 0 Å². The fraction of sp³-hybridized carbons (Fsp3) is 0.600. The van der Waals surface area contributed by atoms with Crippen molar-refractivity contribution in [2.75, 3.05) is 26.4 Å². The molecule has 0 saturated carbocycles. The molecule has 2 aliphatic heterocycles. The highest BCUT2D eigenvalue weighted by atomic mass is 16.7. The van der Waals surface area contributed by atoms with Gasteiger partial charge >= 0.3 is 0 Å². The van der Waals surface area contributed by atoms with E-state index in [1.54, 1.807) is 0 Å². The maximum absolute atomic E-state index is 5.68. The average molecular weight is 262 g/mol. The standard InChI is InChI=1S/C15H22N2O2/c16-7-3-4-13(17-8-1-2-9-17)12-5-6-14-15(10-12)19-11-18-14/h5-6,10,13H,1-4,7-9,11,16H2. The zero-order chi connectivity index (χ0) is 13.1. The van der Waals surface area contributed by atoms with Crippen molar-refractivity contribution in [3.8, 4) is 11.5 Å². The molecule has 1 atom stereocenters. The molecule has 0 aliphatic carbocycles. The predicted octanol–water partition coefficient (Wildman–Crippen LogP) is 2.29. The number of likely N-dealkylation sites (tertiary alicyclic amines) is 1. The van der Waals surface area contributed by atoms with Gasteiger partial charge in [0.25, 0.3) is 0 Å². The zero-order valence-electron chi connectivity index (χ0n) is 11.3. The first-order valence-corrected chi connectivity index (χ1v) is 7.22. The SMILES string of the molecule is NCCCC(c1ccc2c(c1)OCO2)N1CCCC1. The molecular weight excluding hydrogens is 240 g/mol. The second-order valence-corrected chi connectivity index (χ2v) is 5.30. The largest absolute Gasteiger partial charge is 0.454 e. The summed E-state index contributed by atoms with van der Waals surface area (Å²) in [5.74, 6) is 1.75. The van der Waals surface area contributed by atoms with Gasteiger partial charge in [-0.2, -0.15) is 0 Å². The Labute approximate surface area is 114 Å². The monoisotopic (exact) mass is 262 g/mol. The number of nitrogens with zero attached hydrogens (tertiary/aromatic N) is 1. The van der Waals surface area contributed by atoms with Gasteiger partial charge in [0.15, 0.2) is 11.5 Å². The molecule has 1 unspecified atom stereocenters. The summed E-state index contributed by atoms with van der Waals surface area (Å²) in [6, 6.07) is 6.82. The van der Waals surface area contributed by atoms with E-state index in [-0.39, 0.29) is 0 Å². The van der Waals surface area contributed by atoms with Gasteiger partial charge in [-0.3, -0.25) is 4.90 Å². The molecule has 2 aliphatic rings. The van der Waals surface area contributed by atoms with Crippen molar-refractivity contribution < 1.29 is 9.47 Å². The zero-order valence-corrected chi connectivity index (χ0v) is 11.3. The lowest BCUT2D eigenvalue weighted by molar-refractivity contribution is 0.173. The van der Waals surface area contributed by atoms with Gasteiger partial charge in [-0.1, -0.05) is 6.07 Å². The first-order chi connectivity index (χ1) is 9.38. The van der Waals surface area contributed by atoms with E-state index < -0.39 is 0 Å². The Morgan fingerprint density at radius 3 is 2.74 bits per heavy atom. The summed E-state index contributed by atoms with van der Waals surface area (Å²) in [5.41, 5.74) is 7.01.